The molecule has 0 bridgehead atoms. The van der Waals surface area contributed by atoms with Crippen LogP contribution < -0.4 is 0 Å². The number of pyridine rings is 2. The zero-order valence-corrected chi connectivity index (χ0v) is 17.0. The minimum absolute atomic E-state index is 0.705. The molecule has 1 aromatic carbocycles. The second kappa shape index (κ2) is 6.60. The Labute approximate surface area is 177 Å². The van der Waals surface area contributed by atoms with E-state index in [9.17, 15) is 0 Å². The number of H-pyrrole nitrogens is 2. The summed E-state index contributed by atoms with van der Waals surface area (Å²) < 4.78 is 2.02. The maximum absolute atomic E-state index is 4.90. The van der Waals surface area contributed by atoms with E-state index in [1.807, 2.05) is 61.3 Å². The van der Waals surface area contributed by atoms with Gasteiger partial charge in [0, 0.05) is 36.0 Å². The molecule has 6 aromatic rings. The van der Waals surface area contributed by atoms with Crippen LogP contribution in [0.15, 0.2) is 61.2 Å². The van der Waals surface area contributed by atoms with Gasteiger partial charge in [-0.2, -0.15) is 5.10 Å². The highest BCUT2D eigenvalue weighted by Gasteiger charge is 2.17. The molecule has 2 N–H and O–H groups in total. The number of imidazole rings is 2. The van der Waals surface area contributed by atoms with Crippen molar-refractivity contribution in [1.29, 1.82) is 0 Å². The van der Waals surface area contributed by atoms with Crippen LogP contribution in [0.1, 0.15) is 5.82 Å². The molecule has 0 radical (unpaired) electrons. The van der Waals surface area contributed by atoms with Crippen LogP contribution in [0, 0.1) is 6.92 Å². The quantitative estimate of drug-likeness (QED) is 0.457. The summed E-state index contributed by atoms with van der Waals surface area (Å²) in [5.74, 6) is 1.64. The molecule has 150 valence electrons. The molecular weight excluding hydrogens is 388 g/mol. The van der Waals surface area contributed by atoms with Crippen molar-refractivity contribution in [2.45, 2.75) is 6.92 Å². The molecule has 0 amide bonds. The number of nitrogens with zero attached hydrogens (tertiary/aromatic N) is 6. The van der Waals surface area contributed by atoms with E-state index < -0.39 is 0 Å². The monoisotopic (exact) mass is 406 g/mol. The minimum atomic E-state index is 0.705. The first-order valence-electron chi connectivity index (χ1n) is 9.91. The Hall–Kier alpha value is -4.33. The molecule has 5 heterocycles. The van der Waals surface area contributed by atoms with Gasteiger partial charge in [0.1, 0.15) is 11.5 Å². The van der Waals surface area contributed by atoms with E-state index in [0.717, 1.165) is 56.0 Å². The summed E-state index contributed by atoms with van der Waals surface area (Å²) in [5, 5.41) is 8.55. The molecule has 0 unspecified atom stereocenters. The van der Waals surface area contributed by atoms with Crippen LogP contribution in [0.5, 0.6) is 0 Å². The van der Waals surface area contributed by atoms with Gasteiger partial charge in [-0.15, -0.1) is 0 Å². The van der Waals surface area contributed by atoms with E-state index in [0.29, 0.717) is 5.82 Å². The van der Waals surface area contributed by atoms with Crippen molar-refractivity contribution in [2.75, 3.05) is 0 Å². The zero-order valence-electron chi connectivity index (χ0n) is 17.0. The fourth-order valence-electron chi connectivity index (χ4n) is 3.88. The van der Waals surface area contributed by atoms with Gasteiger partial charge < -0.3 is 9.55 Å². The third kappa shape index (κ3) is 2.72. The van der Waals surface area contributed by atoms with Crippen LogP contribution in [-0.4, -0.2) is 39.7 Å². The van der Waals surface area contributed by atoms with Crippen molar-refractivity contribution in [2.24, 2.45) is 7.05 Å². The SMILES string of the molecule is Cc1ncc(-c2cc3c(-c4nc5c(-c6cccnc6)cccc5[nH]4)n[nH]c3cn2)n1C. The number of fused-ring (bicyclic) bond motifs is 2. The van der Waals surface area contributed by atoms with E-state index in [1.54, 1.807) is 12.4 Å². The molecule has 0 saturated heterocycles. The van der Waals surface area contributed by atoms with E-state index in [4.69, 9.17) is 4.98 Å². The lowest BCUT2D eigenvalue weighted by Crippen LogP contribution is -1.95. The lowest BCUT2D eigenvalue weighted by Gasteiger charge is -2.03. The minimum Gasteiger partial charge on any atom is -0.337 e. The first-order chi connectivity index (χ1) is 15.2. The fourth-order valence-corrected chi connectivity index (χ4v) is 3.88. The third-order valence-corrected chi connectivity index (χ3v) is 5.64. The van der Waals surface area contributed by atoms with Gasteiger partial charge >= 0.3 is 0 Å². The van der Waals surface area contributed by atoms with Gasteiger partial charge in [0.15, 0.2) is 5.82 Å². The summed E-state index contributed by atoms with van der Waals surface area (Å²) in [4.78, 5) is 21.5. The normalized spacial score (nSPS) is 11.5. The molecule has 0 aliphatic rings. The number of benzene rings is 1. The number of hydrogen-bond acceptors (Lipinski definition) is 5. The van der Waals surface area contributed by atoms with Crippen LogP contribution in [0.4, 0.5) is 0 Å². The summed E-state index contributed by atoms with van der Waals surface area (Å²) in [6.07, 6.45) is 7.25. The van der Waals surface area contributed by atoms with Crippen molar-refractivity contribution in [3.05, 3.63) is 67.0 Å². The van der Waals surface area contributed by atoms with Gasteiger partial charge in [0.25, 0.3) is 0 Å². The molecule has 0 aliphatic carbocycles. The Morgan fingerprint density at radius 2 is 1.90 bits per heavy atom. The van der Waals surface area contributed by atoms with Gasteiger partial charge in [-0.05, 0) is 25.1 Å². The van der Waals surface area contributed by atoms with E-state index >= 15 is 0 Å². The van der Waals surface area contributed by atoms with Crippen molar-refractivity contribution in [3.8, 4) is 34.0 Å². The van der Waals surface area contributed by atoms with E-state index in [1.165, 1.54) is 0 Å². The second-order valence-electron chi connectivity index (χ2n) is 7.47. The Morgan fingerprint density at radius 3 is 2.71 bits per heavy atom. The summed E-state index contributed by atoms with van der Waals surface area (Å²) in [6, 6.07) is 12.1. The molecule has 6 rings (SSSR count). The molecule has 31 heavy (non-hydrogen) atoms. The molecule has 0 saturated carbocycles. The first-order valence-corrected chi connectivity index (χ1v) is 9.91. The maximum atomic E-state index is 4.90. The Kier molecular flexibility index (Phi) is 3.73. The van der Waals surface area contributed by atoms with E-state index in [2.05, 4.69) is 36.2 Å². The second-order valence-corrected chi connectivity index (χ2v) is 7.47. The Bertz CT molecular complexity index is 1560. The molecule has 5 aromatic heterocycles. The van der Waals surface area contributed by atoms with Crippen molar-refractivity contribution < 1.29 is 0 Å². The highest BCUT2D eigenvalue weighted by atomic mass is 15.1. The van der Waals surface area contributed by atoms with Gasteiger partial charge in [0.2, 0.25) is 0 Å². The largest absolute Gasteiger partial charge is 0.337 e. The molecule has 0 aliphatic heterocycles. The number of rotatable bonds is 3. The summed E-state index contributed by atoms with van der Waals surface area (Å²) in [5.41, 5.74) is 7.29. The van der Waals surface area contributed by atoms with Crippen LogP contribution in [-0.2, 0) is 7.05 Å². The maximum Gasteiger partial charge on any atom is 0.159 e. The Morgan fingerprint density at radius 1 is 0.968 bits per heavy atom. The van der Waals surface area contributed by atoms with Gasteiger partial charge in [-0.25, -0.2) is 9.97 Å². The lowest BCUT2D eigenvalue weighted by molar-refractivity contribution is 0.862. The van der Waals surface area contributed by atoms with Crippen molar-refractivity contribution in [1.82, 2.24) is 39.7 Å². The highest BCUT2D eigenvalue weighted by Crippen LogP contribution is 2.32. The third-order valence-electron chi connectivity index (χ3n) is 5.64. The van der Waals surface area contributed by atoms with Gasteiger partial charge in [-0.1, -0.05) is 18.2 Å². The smallest absolute Gasteiger partial charge is 0.159 e. The average molecular weight is 406 g/mol. The topological polar surface area (TPSA) is 101 Å². The molecule has 0 spiro atoms. The number of nitrogens with one attached hydrogen (secondary N) is 2. The van der Waals surface area contributed by atoms with Crippen LogP contribution in [0.2, 0.25) is 0 Å². The number of hydrogen-bond donors (Lipinski definition) is 2. The summed E-state index contributed by atoms with van der Waals surface area (Å²) >= 11 is 0. The lowest BCUT2D eigenvalue weighted by atomic mass is 10.1. The summed E-state index contributed by atoms with van der Waals surface area (Å²) in [7, 11) is 1.99. The predicted molar refractivity (Wildman–Crippen MR) is 119 cm³/mol. The molecule has 0 atom stereocenters. The molecule has 8 heteroatoms. The predicted octanol–water partition coefficient (Wildman–Crippen LogP) is 4.27. The van der Waals surface area contributed by atoms with Crippen LogP contribution in [0.3, 0.4) is 0 Å². The fraction of sp³-hybridized carbons (Fsp3) is 0.0870. The number of aromatic amines is 2. The van der Waals surface area contributed by atoms with Crippen LogP contribution in [0.25, 0.3) is 56.0 Å². The Balaban J connectivity index is 1.52. The number of para-hydroxylation sites is 1. The first kappa shape index (κ1) is 17.5. The number of aromatic nitrogens is 8. The van der Waals surface area contributed by atoms with E-state index in [-0.39, 0.29) is 0 Å². The zero-order chi connectivity index (χ0) is 20.9. The number of aryl methyl sites for hydroxylation is 1. The van der Waals surface area contributed by atoms with Crippen molar-refractivity contribution in [3.63, 3.8) is 0 Å². The van der Waals surface area contributed by atoms with Gasteiger partial charge in [0.05, 0.1) is 40.3 Å². The highest BCUT2D eigenvalue weighted by molar-refractivity contribution is 5.97. The van der Waals surface area contributed by atoms with Gasteiger partial charge in [-0.3, -0.25) is 15.1 Å². The standard InChI is InChI=1S/C23H18N8/c1-13-25-12-20(31(13)2)18-9-16-19(11-26-18)29-30-22(16)23-27-17-7-3-6-15(21(17)28-23)14-5-4-8-24-10-14/h3-12H,1-2H3,(H,27,28)(H,29,30). The summed E-state index contributed by atoms with van der Waals surface area (Å²) in [6.45, 7) is 1.97. The average Bonchev–Trinajstić information content (AvgIpc) is 3.50. The molecule has 8 nitrogen and oxygen atoms in total. The van der Waals surface area contributed by atoms with Crippen LogP contribution >= 0.6 is 0 Å². The van der Waals surface area contributed by atoms with Crippen molar-refractivity contribution >= 4 is 21.9 Å². The molecule has 0 fully saturated rings. The molecular formula is C23H18N8.